The quantitative estimate of drug-likeness (QED) is 0.714. The Hall–Kier alpha value is -1.28. The highest BCUT2D eigenvalue weighted by Gasteiger charge is 2.08. The van der Waals surface area contributed by atoms with Gasteiger partial charge in [-0.3, -0.25) is 0 Å². The van der Waals surface area contributed by atoms with Gasteiger partial charge in [0.2, 0.25) is 0 Å². The number of aryl methyl sites for hydroxylation is 2. The summed E-state index contributed by atoms with van der Waals surface area (Å²) in [6.07, 6.45) is 0. The van der Waals surface area contributed by atoms with Crippen LogP contribution in [-0.2, 0) is 0 Å². The second kappa shape index (κ2) is 3.46. The molecule has 3 heteroatoms. The summed E-state index contributed by atoms with van der Waals surface area (Å²) in [4.78, 5) is 4.21. The number of hydrogen-bond acceptors (Lipinski definition) is 2. The third-order valence-electron chi connectivity index (χ3n) is 2.01. The predicted octanol–water partition coefficient (Wildman–Crippen LogP) is 3.61. The van der Waals surface area contributed by atoms with Crippen molar-refractivity contribution < 1.29 is 4.42 Å². The smallest absolute Gasteiger partial charge is 0.192 e. The van der Waals surface area contributed by atoms with E-state index >= 15 is 0 Å². The van der Waals surface area contributed by atoms with Gasteiger partial charge in [-0.25, -0.2) is 4.98 Å². The van der Waals surface area contributed by atoms with Crippen LogP contribution in [0.2, 0.25) is 5.02 Å². The number of hydrogen-bond donors (Lipinski definition) is 0. The lowest BCUT2D eigenvalue weighted by Crippen LogP contribution is -1.77. The number of nitrogens with zero attached hydrogens (tertiary/aromatic N) is 1. The highest BCUT2D eigenvalue weighted by molar-refractivity contribution is 6.30. The first kappa shape index (κ1) is 9.28. The monoisotopic (exact) mass is 207 g/mol. The van der Waals surface area contributed by atoms with E-state index in [4.69, 9.17) is 16.0 Å². The van der Waals surface area contributed by atoms with Gasteiger partial charge in [0.15, 0.2) is 11.7 Å². The molecule has 2 rings (SSSR count). The van der Waals surface area contributed by atoms with Crippen molar-refractivity contribution in [2.24, 2.45) is 0 Å². The SMILES string of the molecule is Cc1nc(C)c(-c2ccc(Cl)cc2)o1. The Labute approximate surface area is 87.5 Å². The summed E-state index contributed by atoms with van der Waals surface area (Å²) in [7, 11) is 0. The molecule has 0 aliphatic rings. The standard InChI is InChI=1S/C11H10ClNO/c1-7-11(14-8(2)13-7)9-3-5-10(12)6-4-9/h3-6H,1-2H3. The van der Waals surface area contributed by atoms with Crippen LogP contribution < -0.4 is 0 Å². The van der Waals surface area contributed by atoms with E-state index in [0.29, 0.717) is 5.89 Å². The molecule has 2 aromatic rings. The van der Waals surface area contributed by atoms with E-state index in [9.17, 15) is 0 Å². The fraction of sp³-hybridized carbons (Fsp3) is 0.182. The number of halogens is 1. The zero-order valence-electron chi connectivity index (χ0n) is 8.04. The van der Waals surface area contributed by atoms with Crippen molar-refractivity contribution in [1.82, 2.24) is 4.98 Å². The number of rotatable bonds is 1. The number of oxazole rings is 1. The molecule has 0 spiro atoms. The Morgan fingerprint density at radius 1 is 1.14 bits per heavy atom. The Balaban J connectivity index is 2.49. The van der Waals surface area contributed by atoms with Crippen LogP contribution in [0.3, 0.4) is 0 Å². The molecule has 1 aromatic carbocycles. The highest BCUT2D eigenvalue weighted by atomic mass is 35.5. The van der Waals surface area contributed by atoms with Gasteiger partial charge in [-0.2, -0.15) is 0 Å². The molecule has 14 heavy (non-hydrogen) atoms. The summed E-state index contributed by atoms with van der Waals surface area (Å²) in [5.74, 6) is 1.51. The third-order valence-corrected chi connectivity index (χ3v) is 2.26. The van der Waals surface area contributed by atoms with Gasteiger partial charge in [0, 0.05) is 17.5 Å². The van der Waals surface area contributed by atoms with Gasteiger partial charge in [0.05, 0.1) is 5.69 Å². The molecule has 0 N–H and O–H groups in total. The first-order valence-electron chi connectivity index (χ1n) is 4.37. The highest BCUT2D eigenvalue weighted by Crippen LogP contribution is 2.25. The summed E-state index contributed by atoms with van der Waals surface area (Å²) in [5, 5.41) is 0.725. The molecule has 2 nitrogen and oxygen atoms in total. The van der Waals surface area contributed by atoms with Crippen molar-refractivity contribution in [3.8, 4) is 11.3 Å². The predicted molar refractivity (Wildman–Crippen MR) is 56.4 cm³/mol. The molecule has 0 radical (unpaired) electrons. The molecule has 0 aliphatic carbocycles. The van der Waals surface area contributed by atoms with Gasteiger partial charge in [-0.05, 0) is 31.2 Å². The van der Waals surface area contributed by atoms with E-state index in [1.165, 1.54) is 0 Å². The summed E-state index contributed by atoms with van der Waals surface area (Å²) < 4.78 is 5.49. The fourth-order valence-corrected chi connectivity index (χ4v) is 1.53. The summed E-state index contributed by atoms with van der Waals surface area (Å²) in [5.41, 5.74) is 1.91. The molecular weight excluding hydrogens is 198 g/mol. The molecule has 1 aromatic heterocycles. The van der Waals surface area contributed by atoms with Crippen LogP contribution in [0.15, 0.2) is 28.7 Å². The molecule has 0 unspecified atom stereocenters. The van der Waals surface area contributed by atoms with Crippen LogP contribution in [0, 0.1) is 13.8 Å². The Morgan fingerprint density at radius 3 is 2.29 bits per heavy atom. The van der Waals surface area contributed by atoms with Gasteiger partial charge in [0.1, 0.15) is 0 Å². The van der Waals surface area contributed by atoms with Crippen molar-refractivity contribution in [2.75, 3.05) is 0 Å². The Kier molecular flexibility index (Phi) is 2.30. The average Bonchev–Trinajstić information content (AvgIpc) is 2.47. The number of aromatic nitrogens is 1. The summed E-state index contributed by atoms with van der Waals surface area (Å²) >= 11 is 5.80. The van der Waals surface area contributed by atoms with Crippen LogP contribution in [0.1, 0.15) is 11.6 Å². The van der Waals surface area contributed by atoms with E-state index in [0.717, 1.165) is 22.0 Å². The Morgan fingerprint density at radius 2 is 1.79 bits per heavy atom. The maximum absolute atomic E-state index is 5.80. The van der Waals surface area contributed by atoms with E-state index < -0.39 is 0 Å². The van der Waals surface area contributed by atoms with Crippen LogP contribution in [0.5, 0.6) is 0 Å². The van der Waals surface area contributed by atoms with Gasteiger partial charge in [0.25, 0.3) is 0 Å². The zero-order valence-corrected chi connectivity index (χ0v) is 8.80. The molecule has 0 saturated heterocycles. The lowest BCUT2D eigenvalue weighted by Gasteiger charge is -1.97. The minimum Gasteiger partial charge on any atom is -0.441 e. The molecule has 72 valence electrons. The third kappa shape index (κ3) is 1.66. The van der Waals surface area contributed by atoms with Gasteiger partial charge in [-0.15, -0.1) is 0 Å². The second-order valence-corrected chi connectivity index (χ2v) is 3.59. The Bertz CT molecular complexity index is 445. The maximum atomic E-state index is 5.80. The van der Waals surface area contributed by atoms with Gasteiger partial charge in [-0.1, -0.05) is 11.6 Å². The largest absolute Gasteiger partial charge is 0.441 e. The van der Waals surface area contributed by atoms with Crippen molar-refractivity contribution in [3.63, 3.8) is 0 Å². The molecule has 0 fully saturated rings. The maximum Gasteiger partial charge on any atom is 0.192 e. The van der Waals surface area contributed by atoms with Gasteiger partial charge >= 0.3 is 0 Å². The molecule has 0 amide bonds. The molecule has 0 atom stereocenters. The topological polar surface area (TPSA) is 26.0 Å². The molecule has 1 heterocycles. The minimum absolute atomic E-state index is 0.687. The van der Waals surface area contributed by atoms with Crippen LogP contribution >= 0.6 is 11.6 Å². The van der Waals surface area contributed by atoms with Crippen molar-refractivity contribution >= 4 is 11.6 Å². The average molecular weight is 208 g/mol. The van der Waals surface area contributed by atoms with E-state index in [-0.39, 0.29) is 0 Å². The first-order chi connectivity index (χ1) is 6.66. The lowest BCUT2D eigenvalue weighted by atomic mass is 10.1. The van der Waals surface area contributed by atoms with Crippen LogP contribution in [-0.4, -0.2) is 4.98 Å². The van der Waals surface area contributed by atoms with Crippen molar-refractivity contribution in [3.05, 3.63) is 40.9 Å². The molecular formula is C11H10ClNO. The number of benzene rings is 1. The molecule has 0 aliphatic heterocycles. The zero-order chi connectivity index (χ0) is 10.1. The van der Waals surface area contributed by atoms with E-state index in [1.54, 1.807) is 0 Å². The van der Waals surface area contributed by atoms with Crippen molar-refractivity contribution in [1.29, 1.82) is 0 Å². The summed E-state index contributed by atoms with van der Waals surface area (Å²) in [6.45, 7) is 3.77. The molecule has 0 saturated carbocycles. The normalized spacial score (nSPS) is 10.5. The van der Waals surface area contributed by atoms with Crippen LogP contribution in [0.25, 0.3) is 11.3 Å². The van der Waals surface area contributed by atoms with E-state index in [2.05, 4.69) is 4.98 Å². The fourth-order valence-electron chi connectivity index (χ4n) is 1.40. The van der Waals surface area contributed by atoms with Crippen LogP contribution in [0.4, 0.5) is 0 Å². The summed E-state index contributed by atoms with van der Waals surface area (Å²) in [6, 6.07) is 7.53. The molecule has 0 bridgehead atoms. The second-order valence-electron chi connectivity index (χ2n) is 3.15. The lowest BCUT2D eigenvalue weighted by molar-refractivity contribution is 0.534. The van der Waals surface area contributed by atoms with Crippen molar-refractivity contribution in [2.45, 2.75) is 13.8 Å². The first-order valence-corrected chi connectivity index (χ1v) is 4.74. The van der Waals surface area contributed by atoms with E-state index in [1.807, 2.05) is 38.1 Å². The minimum atomic E-state index is 0.687. The van der Waals surface area contributed by atoms with Gasteiger partial charge < -0.3 is 4.42 Å².